The van der Waals surface area contributed by atoms with Gasteiger partial charge < -0.3 is 10.2 Å². The van der Waals surface area contributed by atoms with Crippen LogP contribution in [0.4, 0.5) is 5.82 Å². The van der Waals surface area contributed by atoms with Crippen LogP contribution >= 0.6 is 0 Å². The molecule has 5 heteroatoms. The molecular formula is C11H10N4O. The molecule has 0 amide bonds. The molecule has 3 aromatic heterocycles. The standard InChI is InChI=1S/C11H10N4O/c1-6-5-7(8-3-2-4-16-8)9-10(12)14-15-11(9)13-6/h2-5H,1H3,(H3,12,13,14,15). The van der Waals surface area contributed by atoms with Gasteiger partial charge in [0.1, 0.15) is 11.6 Å². The number of fused-ring (bicyclic) bond motifs is 1. The molecule has 80 valence electrons. The lowest BCUT2D eigenvalue weighted by molar-refractivity contribution is 0.583. The summed E-state index contributed by atoms with van der Waals surface area (Å²) in [6.07, 6.45) is 1.63. The number of hydrogen-bond donors (Lipinski definition) is 2. The predicted octanol–water partition coefficient (Wildman–Crippen LogP) is 2.11. The van der Waals surface area contributed by atoms with E-state index in [-0.39, 0.29) is 0 Å². The molecule has 3 aromatic rings. The molecule has 0 saturated heterocycles. The summed E-state index contributed by atoms with van der Waals surface area (Å²) in [4.78, 5) is 4.30. The van der Waals surface area contributed by atoms with Gasteiger partial charge in [0, 0.05) is 11.3 Å². The van der Waals surface area contributed by atoms with Crippen molar-refractivity contribution in [3.8, 4) is 11.3 Å². The van der Waals surface area contributed by atoms with Crippen LogP contribution in [0.5, 0.6) is 0 Å². The topological polar surface area (TPSA) is 80.7 Å². The molecule has 5 nitrogen and oxygen atoms in total. The lowest BCUT2D eigenvalue weighted by Crippen LogP contribution is -1.89. The second-order valence-electron chi connectivity index (χ2n) is 3.62. The second-order valence-corrected chi connectivity index (χ2v) is 3.62. The van der Waals surface area contributed by atoms with Crippen LogP contribution in [0, 0.1) is 6.92 Å². The highest BCUT2D eigenvalue weighted by Crippen LogP contribution is 2.31. The highest BCUT2D eigenvalue weighted by molar-refractivity contribution is 5.98. The Morgan fingerprint density at radius 2 is 2.31 bits per heavy atom. The van der Waals surface area contributed by atoms with Crippen molar-refractivity contribution in [2.45, 2.75) is 6.92 Å². The maximum atomic E-state index is 5.83. The third-order valence-electron chi connectivity index (χ3n) is 2.47. The summed E-state index contributed by atoms with van der Waals surface area (Å²) in [6, 6.07) is 5.67. The molecule has 0 aromatic carbocycles. The van der Waals surface area contributed by atoms with Gasteiger partial charge in [-0.2, -0.15) is 5.10 Å². The van der Waals surface area contributed by atoms with Gasteiger partial charge in [-0.1, -0.05) is 0 Å². The molecule has 0 fully saturated rings. The summed E-state index contributed by atoms with van der Waals surface area (Å²) in [7, 11) is 0. The van der Waals surface area contributed by atoms with Gasteiger partial charge in [-0.05, 0) is 25.1 Å². The molecule has 0 aliphatic heterocycles. The zero-order chi connectivity index (χ0) is 11.1. The number of aromatic amines is 1. The van der Waals surface area contributed by atoms with E-state index in [4.69, 9.17) is 10.2 Å². The van der Waals surface area contributed by atoms with Crippen molar-refractivity contribution in [1.29, 1.82) is 0 Å². The van der Waals surface area contributed by atoms with E-state index in [1.807, 2.05) is 25.1 Å². The van der Waals surface area contributed by atoms with Crippen molar-refractivity contribution < 1.29 is 4.42 Å². The van der Waals surface area contributed by atoms with Crippen LogP contribution in [-0.4, -0.2) is 15.2 Å². The van der Waals surface area contributed by atoms with Gasteiger partial charge in [-0.3, -0.25) is 5.10 Å². The van der Waals surface area contributed by atoms with Gasteiger partial charge in [0.2, 0.25) is 0 Å². The first-order valence-electron chi connectivity index (χ1n) is 4.91. The van der Waals surface area contributed by atoms with E-state index in [0.717, 1.165) is 22.4 Å². The number of aryl methyl sites for hydroxylation is 1. The molecule has 3 heterocycles. The molecule has 0 radical (unpaired) electrons. The zero-order valence-electron chi connectivity index (χ0n) is 8.69. The first kappa shape index (κ1) is 8.96. The summed E-state index contributed by atoms with van der Waals surface area (Å²) in [6.45, 7) is 1.91. The number of nitrogens with zero attached hydrogens (tertiary/aromatic N) is 2. The molecular weight excluding hydrogens is 204 g/mol. The molecule has 0 aliphatic rings. The summed E-state index contributed by atoms with van der Waals surface area (Å²) in [5.74, 6) is 1.28. The number of hydrogen-bond acceptors (Lipinski definition) is 4. The highest BCUT2D eigenvalue weighted by atomic mass is 16.3. The van der Waals surface area contributed by atoms with Crippen LogP contribution in [0.1, 0.15) is 5.69 Å². The third-order valence-corrected chi connectivity index (χ3v) is 2.47. The number of rotatable bonds is 1. The molecule has 0 unspecified atom stereocenters. The van der Waals surface area contributed by atoms with Crippen LogP contribution in [0.15, 0.2) is 28.9 Å². The molecule has 3 rings (SSSR count). The Bertz CT molecular complexity index is 639. The Hall–Kier alpha value is -2.30. The average Bonchev–Trinajstić information content (AvgIpc) is 2.87. The van der Waals surface area contributed by atoms with Crippen molar-refractivity contribution in [2.24, 2.45) is 0 Å². The van der Waals surface area contributed by atoms with Crippen molar-refractivity contribution in [3.63, 3.8) is 0 Å². The molecule has 0 saturated carbocycles. The summed E-state index contributed by atoms with van der Waals surface area (Å²) in [5, 5.41) is 7.58. The molecule has 0 bridgehead atoms. The van der Waals surface area contributed by atoms with Gasteiger partial charge in [0.25, 0.3) is 0 Å². The highest BCUT2D eigenvalue weighted by Gasteiger charge is 2.13. The molecule has 0 atom stereocenters. The number of pyridine rings is 1. The van der Waals surface area contributed by atoms with E-state index < -0.39 is 0 Å². The SMILES string of the molecule is Cc1cc(-c2ccco2)c2c(N)[nH]nc2n1. The van der Waals surface area contributed by atoms with Gasteiger partial charge >= 0.3 is 0 Å². The number of aromatic nitrogens is 3. The Morgan fingerprint density at radius 1 is 1.44 bits per heavy atom. The fourth-order valence-electron chi connectivity index (χ4n) is 1.80. The van der Waals surface area contributed by atoms with E-state index in [2.05, 4.69) is 15.2 Å². The molecule has 16 heavy (non-hydrogen) atoms. The van der Waals surface area contributed by atoms with Crippen molar-refractivity contribution in [1.82, 2.24) is 15.2 Å². The zero-order valence-corrected chi connectivity index (χ0v) is 8.69. The van der Waals surface area contributed by atoms with Crippen molar-refractivity contribution in [2.75, 3.05) is 5.73 Å². The monoisotopic (exact) mass is 214 g/mol. The largest absolute Gasteiger partial charge is 0.464 e. The first-order valence-corrected chi connectivity index (χ1v) is 4.91. The summed E-state index contributed by atoms with van der Waals surface area (Å²) in [5.41, 5.74) is 8.24. The Morgan fingerprint density at radius 3 is 3.06 bits per heavy atom. The lowest BCUT2D eigenvalue weighted by atomic mass is 10.1. The number of anilines is 1. The Kier molecular flexibility index (Phi) is 1.73. The Labute approximate surface area is 91.3 Å². The van der Waals surface area contributed by atoms with Crippen LogP contribution < -0.4 is 5.73 Å². The fourth-order valence-corrected chi connectivity index (χ4v) is 1.80. The lowest BCUT2D eigenvalue weighted by Gasteiger charge is -2.01. The number of nitrogens with one attached hydrogen (secondary N) is 1. The first-order chi connectivity index (χ1) is 7.75. The average molecular weight is 214 g/mol. The number of nitrogens with two attached hydrogens (primary N) is 1. The normalized spacial score (nSPS) is 11.1. The molecule has 0 aliphatic carbocycles. The smallest absolute Gasteiger partial charge is 0.184 e. The number of H-pyrrole nitrogens is 1. The van der Waals surface area contributed by atoms with E-state index in [1.165, 1.54) is 0 Å². The maximum absolute atomic E-state index is 5.83. The Balaban J connectivity index is 2.42. The van der Waals surface area contributed by atoms with Gasteiger partial charge in [0.05, 0.1) is 11.6 Å². The minimum Gasteiger partial charge on any atom is -0.464 e. The van der Waals surface area contributed by atoms with E-state index in [1.54, 1.807) is 6.26 Å². The second kappa shape index (κ2) is 3.10. The van der Waals surface area contributed by atoms with E-state index in [9.17, 15) is 0 Å². The molecule has 3 N–H and O–H groups in total. The van der Waals surface area contributed by atoms with E-state index >= 15 is 0 Å². The van der Waals surface area contributed by atoms with Crippen molar-refractivity contribution >= 4 is 16.9 Å². The predicted molar refractivity (Wildman–Crippen MR) is 60.7 cm³/mol. The van der Waals surface area contributed by atoms with Crippen LogP contribution in [-0.2, 0) is 0 Å². The molecule has 0 spiro atoms. The summed E-state index contributed by atoms with van der Waals surface area (Å²) >= 11 is 0. The fraction of sp³-hybridized carbons (Fsp3) is 0.0909. The third kappa shape index (κ3) is 1.18. The van der Waals surface area contributed by atoms with Gasteiger partial charge in [-0.15, -0.1) is 0 Å². The summed E-state index contributed by atoms with van der Waals surface area (Å²) < 4.78 is 5.38. The quantitative estimate of drug-likeness (QED) is 0.650. The number of furan rings is 1. The minimum atomic E-state index is 0.508. The van der Waals surface area contributed by atoms with E-state index in [0.29, 0.717) is 11.5 Å². The van der Waals surface area contributed by atoms with Gasteiger partial charge in [0.15, 0.2) is 5.65 Å². The van der Waals surface area contributed by atoms with Crippen LogP contribution in [0.3, 0.4) is 0 Å². The maximum Gasteiger partial charge on any atom is 0.184 e. The van der Waals surface area contributed by atoms with Crippen molar-refractivity contribution in [3.05, 3.63) is 30.2 Å². The minimum absolute atomic E-state index is 0.508. The number of nitrogen functional groups attached to an aromatic ring is 1. The van der Waals surface area contributed by atoms with Crippen LogP contribution in [0.2, 0.25) is 0 Å². The van der Waals surface area contributed by atoms with Crippen LogP contribution in [0.25, 0.3) is 22.4 Å². The van der Waals surface area contributed by atoms with Gasteiger partial charge in [-0.25, -0.2) is 4.98 Å².